The second-order valence-corrected chi connectivity index (χ2v) is 5.18. The van der Waals surface area contributed by atoms with Crippen molar-refractivity contribution in [3.05, 3.63) is 59.1 Å². The number of aromatic nitrogens is 2. The minimum atomic E-state index is 0.285. The van der Waals surface area contributed by atoms with Crippen LogP contribution in [0, 0.1) is 0 Å². The van der Waals surface area contributed by atoms with E-state index < -0.39 is 0 Å². The van der Waals surface area contributed by atoms with Crippen LogP contribution in [0.25, 0.3) is 10.8 Å². The van der Waals surface area contributed by atoms with Crippen LogP contribution < -0.4 is 5.32 Å². The second kappa shape index (κ2) is 5.47. The van der Waals surface area contributed by atoms with Gasteiger partial charge >= 0.3 is 0 Å². The Morgan fingerprint density at radius 2 is 2.00 bits per heavy atom. The maximum atomic E-state index is 4.05. The zero-order valence-electron chi connectivity index (χ0n) is 10.7. The van der Waals surface area contributed by atoms with Crippen LogP contribution in [-0.4, -0.2) is 9.59 Å². The quantitative estimate of drug-likeness (QED) is 0.787. The van der Waals surface area contributed by atoms with Gasteiger partial charge in [-0.3, -0.25) is 0 Å². The molecule has 3 aromatic rings. The van der Waals surface area contributed by atoms with Gasteiger partial charge in [-0.05, 0) is 34.8 Å². The number of benzene rings is 2. The molecular formula is C15H15N3S. The van der Waals surface area contributed by atoms with E-state index in [1.807, 2.05) is 5.38 Å². The summed E-state index contributed by atoms with van der Waals surface area (Å²) in [7, 11) is 0. The van der Waals surface area contributed by atoms with E-state index in [-0.39, 0.29) is 6.04 Å². The Balaban J connectivity index is 1.83. The van der Waals surface area contributed by atoms with Crippen LogP contribution in [0.1, 0.15) is 24.2 Å². The monoisotopic (exact) mass is 269 g/mol. The van der Waals surface area contributed by atoms with Gasteiger partial charge in [0.1, 0.15) is 0 Å². The first kappa shape index (κ1) is 12.3. The standard InChI is InChI=1S/C15H15N3S/c1-11(16-9-13-10-19-18-17-13)14-8-4-6-12-5-2-3-7-15(12)14/h2-8,10-11,16H,9H2,1H3. The molecule has 96 valence electrons. The summed E-state index contributed by atoms with van der Waals surface area (Å²) in [5.74, 6) is 0. The van der Waals surface area contributed by atoms with Gasteiger partial charge in [0.25, 0.3) is 0 Å². The summed E-state index contributed by atoms with van der Waals surface area (Å²) in [4.78, 5) is 0. The first-order valence-corrected chi connectivity index (χ1v) is 7.15. The van der Waals surface area contributed by atoms with Crippen molar-refractivity contribution in [3.8, 4) is 0 Å². The van der Waals surface area contributed by atoms with E-state index in [9.17, 15) is 0 Å². The number of nitrogens with zero attached hydrogens (tertiary/aromatic N) is 2. The fourth-order valence-electron chi connectivity index (χ4n) is 2.26. The molecule has 0 aliphatic rings. The zero-order valence-corrected chi connectivity index (χ0v) is 11.5. The Hall–Kier alpha value is -1.78. The first-order chi connectivity index (χ1) is 9.34. The molecule has 4 heteroatoms. The third kappa shape index (κ3) is 2.64. The Morgan fingerprint density at radius 1 is 1.16 bits per heavy atom. The molecule has 1 N–H and O–H groups in total. The molecule has 1 atom stereocenters. The molecule has 0 saturated carbocycles. The topological polar surface area (TPSA) is 37.8 Å². The molecule has 2 aromatic carbocycles. The van der Waals surface area contributed by atoms with Crippen LogP contribution in [0.15, 0.2) is 47.8 Å². The first-order valence-electron chi connectivity index (χ1n) is 6.31. The van der Waals surface area contributed by atoms with Crippen molar-refractivity contribution >= 4 is 22.3 Å². The summed E-state index contributed by atoms with van der Waals surface area (Å²) in [6, 6.07) is 15.2. The highest BCUT2D eigenvalue weighted by Gasteiger charge is 2.09. The maximum Gasteiger partial charge on any atom is 0.0893 e. The molecular weight excluding hydrogens is 254 g/mol. The lowest BCUT2D eigenvalue weighted by Crippen LogP contribution is -2.18. The number of hydrogen-bond acceptors (Lipinski definition) is 4. The van der Waals surface area contributed by atoms with Gasteiger partial charge in [0.2, 0.25) is 0 Å². The Morgan fingerprint density at radius 3 is 2.84 bits per heavy atom. The molecule has 19 heavy (non-hydrogen) atoms. The molecule has 1 heterocycles. The van der Waals surface area contributed by atoms with Crippen LogP contribution in [0.4, 0.5) is 0 Å². The van der Waals surface area contributed by atoms with Gasteiger partial charge in [0.15, 0.2) is 0 Å². The van der Waals surface area contributed by atoms with Gasteiger partial charge in [-0.25, -0.2) is 0 Å². The minimum absolute atomic E-state index is 0.285. The zero-order chi connectivity index (χ0) is 13.1. The molecule has 0 aliphatic heterocycles. The van der Waals surface area contributed by atoms with Crippen molar-refractivity contribution in [2.45, 2.75) is 19.5 Å². The molecule has 0 radical (unpaired) electrons. The third-order valence-corrected chi connectivity index (χ3v) is 3.84. The SMILES string of the molecule is CC(NCc1csnn1)c1cccc2ccccc12. The van der Waals surface area contributed by atoms with E-state index in [2.05, 4.69) is 64.3 Å². The van der Waals surface area contributed by atoms with Crippen LogP contribution in [0.3, 0.4) is 0 Å². The van der Waals surface area contributed by atoms with E-state index >= 15 is 0 Å². The van der Waals surface area contributed by atoms with Gasteiger partial charge in [-0.15, -0.1) is 5.10 Å². The summed E-state index contributed by atoms with van der Waals surface area (Å²) in [6.45, 7) is 2.93. The average molecular weight is 269 g/mol. The number of rotatable bonds is 4. The molecule has 3 rings (SSSR count). The van der Waals surface area contributed by atoms with E-state index in [0.29, 0.717) is 0 Å². The van der Waals surface area contributed by atoms with E-state index in [4.69, 9.17) is 0 Å². The molecule has 0 fully saturated rings. The Bertz CT molecular complexity index is 659. The van der Waals surface area contributed by atoms with Crippen molar-refractivity contribution in [2.24, 2.45) is 0 Å². The molecule has 0 bridgehead atoms. The van der Waals surface area contributed by atoms with Crippen LogP contribution in [0.2, 0.25) is 0 Å². The maximum absolute atomic E-state index is 4.05. The van der Waals surface area contributed by atoms with E-state index in [0.717, 1.165) is 12.2 Å². The van der Waals surface area contributed by atoms with E-state index in [1.165, 1.54) is 27.9 Å². The predicted octanol–water partition coefficient (Wildman–Crippen LogP) is 3.54. The Kier molecular flexibility index (Phi) is 3.53. The largest absolute Gasteiger partial charge is 0.304 e. The summed E-state index contributed by atoms with van der Waals surface area (Å²) < 4.78 is 3.87. The Labute approximate surface area is 116 Å². The van der Waals surface area contributed by atoms with Gasteiger partial charge in [0, 0.05) is 18.0 Å². The fraction of sp³-hybridized carbons (Fsp3) is 0.200. The molecule has 0 saturated heterocycles. The highest BCUT2D eigenvalue weighted by molar-refractivity contribution is 7.03. The predicted molar refractivity (Wildman–Crippen MR) is 79.1 cm³/mol. The lowest BCUT2D eigenvalue weighted by molar-refractivity contribution is 0.570. The van der Waals surface area contributed by atoms with Crippen LogP contribution in [-0.2, 0) is 6.54 Å². The lowest BCUT2D eigenvalue weighted by atomic mass is 10.00. The van der Waals surface area contributed by atoms with Gasteiger partial charge in [-0.1, -0.05) is 47.0 Å². The van der Waals surface area contributed by atoms with Crippen LogP contribution in [0.5, 0.6) is 0 Å². The van der Waals surface area contributed by atoms with Crippen molar-refractivity contribution in [2.75, 3.05) is 0 Å². The van der Waals surface area contributed by atoms with Crippen LogP contribution >= 0.6 is 11.5 Å². The fourth-order valence-corrected chi connectivity index (χ4v) is 2.71. The van der Waals surface area contributed by atoms with Gasteiger partial charge in [-0.2, -0.15) is 0 Å². The normalized spacial score (nSPS) is 12.7. The summed E-state index contributed by atoms with van der Waals surface area (Å²) >= 11 is 1.39. The smallest absolute Gasteiger partial charge is 0.0893 e. The molecule has 0 aliphatic carbocycles. The highest BCUT2D eigenvalue weighted by Crippen LogP contribution is 2.24. The minimum Gasteiger partial charge on any atom is -0.304 e. The van der Waals surface area contributed by atoms with Gasteiger partial charge in [0.05, 0.1) is 5.69 Å². The van der Waals surface area contributed by atoms with Gasteiger partial charge < -0.3 is 5.32 Å². The van der Waals surface area contributed by atoms with Crippen molar-refractivity contribution in [3.63, 3.8) is 0 Å². The molecule has 0 spiro atoms. The number of nitrogens with one attached hydrogen (secondary N) is 1. The number of fused-ring (bicyclic) bond motifs is 1. The van der Waals surface area contributed by atoms with Crippen molar-refractivity contribution in [1.82, 2.24) is 14.9 Å². The average Bonchev–Trinajstić information content (AvgIpc) is 2.97. The molecule has 1 aromatic heterocycles. The molecule has 3 nitrogen and oxygen atoms in total. The second-order valence-electron chi connectivity index (χ2n) is 4.57. The molecule has 0 amide bonds. The van der Waals surface area contributed by atoms with Crippen molar-refractivity contribution < 1.29 is 0 Å². The molecule has 1 unspecified atom stereocenters. The number of hydrogen-bond donors (Lipinski definition) is 1. The summed E-state index contributed by atoms with van der Waals surface area (Å²) in [5, 5.41) is 12.1. The van der Waals surface area contributed by atoms with Crippen molar-refractivity contribution in [1.29, 1.82) is 0 Å². The third-order valence-electron chi connectivity index (χ3n) is 3.28. The summed E-state index contributed by atoms with van der Waals surface area (Å²) in [5.41, 5.74) is 2.32. The lowest BCUT2D eigenvalue weighted by Gasteiger charge is -2.15. The van der Waals surface area contributed by atoms with E-state index in [1.54, 1.807) is 0 Å². The summed E-state index contributed by atoms with van der Waals surface area (Å²) in [6.07, 6.45) is 0. The highest BCUT2D eigenvalue weighted by atomic mass is 32.1.